The molecule has 1 fully saturated rings. The van der Waals surface area contributed by atoms with Crippen LogP contribution in [0, 0.1) is 5.92 Å². The predicted octanol–water partition coefficient (Wildman–Crippen LogP) is 1.69. The van der Waals surface area contributed by atoms with E-state index in [2.05, 4.69) is 10.6 Å². The molecule has 1 aliphatic carbocycles. The second kappa shape index (κ2) is 7.99. The number of nitrogens with zero attached hydrogens (tertiary/aromatic N) is 1. The van der Waals surface area contributed by atoms with E-state index >= 15 is 0 Å². The molecule has 1 aromatic carbocycles. The van der Waals surface area contributed by atoms with Crippen molar-refractivity contribution < 1.29 is 9.59 Å². The molecule has 3 rings (SSSR count). The van der Waals surface area contributed by atoms with E-state index in [1.54, 1.807) is 0 Å². The zero-order valence-electron chi connectivity index (χ0n) is 14.8. The van der Waals surface area contributed by atoms with Crippen molar-refractivity contribution in [3.8, 4) is 0 Å². The molecule has 2 aromatic rings. The van der Waals surface area contributed by atoms with Gasteiger partial charge in [-0.1, -0.05) is 30.3 Å². The highest BCUT2D eigenvalue weighted by molar-refractivity contribution is 5.93. The average molecular weight is 353 g/mol. The summed E-state index contributed by atoms with van der Waals surface area (Å²) in [4.78, 5) is 36.4. The van der Waals surface area contributed by atoms with E-state index in [1.807, 2.05) is 37.3 Å². The number of hydrogen-bond acceptors (Lipinski definition) is 3. The van der Waals surface area contributed by atoms with E-state index in [9.17, 15) is 14.4 Å². The Kier molecular flexibility index (Phi) is 5.51. The van der Waals surface area contributed by atoms with Gasteiger partial charge in [-0.05, 0) is 37.3 Å². The lowest BCUT2D eigenvalue weighted by Gasteiger charge is -2.14. The van der Waals surface area contributed by atoms with Crippen LogP contribution in [0.3, 0.4) is 0 Å². The zero-order chi connectivity index (χ0) is 18.5. The minimum absolute atomic E-state index is 0.0876. The van der Waals surface area contributed by atoms with Crippen molar-refractivity contribution in [1.82, 2.24) is 15.2 Å². The third-order valence-corrected chi connectivity index (χ3v) is 4.57. The summed E-state index contributed by atoms with van der Waals surface area (Å²) in [5.74, 6) is 0.0495. The van der Waals surface area contributed by atoms with Crippen molar-refractivity contribution in [2.24, 2.45) is 5.92 Å². The average Bonchev–Trinajstić information content (AvgIpc) is 3.47. The number of hydrogen-bond donors (Lipinski definition) is 2. The summed E-state index contributed by atoms with van der Waals surface area (Å²) in [6.07, 6.45) is 3.71. The molecule has 1 atom stereocenters. The minimum Gasteiger partial charge on any atom is -0.352 e. The fourth-order valence-corrected chi connectivity index (χ4v) is 2.84. The van der Waals surface area contributed by atoms with Crippen LogP contribution in [-0.2, 0) is 17.9 Å². The van der Waals surface area contributed by atoms with Crippen molar-refractivity contribution >= 4 is 11.8 Å². The maximum Gasteiger partial charge on any atom is 0.253 e. The molecule has 2 N–H and O–H groups in total. The van der Waals surface area contributed by atoms with Gasteiger partial charge in [0, 0.05) is 24.8 Å². The fourth-order valence-electron chi connectivity index (χ4n) is 2.84. The number of carbonyl (C=O) groups excluding carboxylic acids is 2. The number of pyridine rings is 1. The second-order valence-electron chi connectivity index (χ2n) is 6.75. The lowest BCUT2D eigenvalue weighted by atomic mass is 10.2. The predicted molar refractivity (Wildman–Crippen MR) is 98.6 cm³/mol. The van der Waals surface area contributed by atoms with Gasteiger partial charge in [-0.25, -0.2) is 0 Å². The summed E-state index contributed by atoms with van der Waals surface area (Å²) in [5.41, 5.74) is 1.03. The molecule has 0 unspecified atom stereocenters. The lowest BCUT2D eigenvalue weighted by Crippen LogP contribution is -2.38. The highest BCUT2D eigenvalue weighted by atomic mass is 16.2. The van der Waals surface area contributed by atoms with Crippen LogP contribution in [0.2, 0.25) is 0 Å². The standard InChI is InChI=1S/C20H23N3O3/c1-14(16-7-8-16)22-18(24)13-23-12-17(9-10-19(23)25)20(26)21-11-15-5-3-2-4-6-15/h2-6,9-10,12,14,16H,7-8,11,13H2,1H3,(H,21,26)(H,22,24)/t14-/m0/s1. The van der Waals surface area contributed by atoms with Crippen molar-refractivity contribution in [2.75, 3.05) is 0 Å². The lowest BCUT2D eigenvalue weighted by molar-refractivity contribution is -0.122. The van der Waals surface area contributed by atoms with Crippen LogP contribution >= 0.6 is 0 Å². The monoisotopic (exact) mass is 353 g/mol. The van der Waals surface area contributed by atoms with E-state index in [4.69, 9.17) is 0 Å². The topological polar surface area (TPSA) is 80.2 Å². The van der Waals surface area contributed by atoms with Crippen molar-refractivity contribution in [3.05, 3.63) is 70.1 Å². The Labute approximate surface area is 152 Å². The van der Waals surface area contributed by atoms with Crippen molar-refractivity contribution in [3.63, 3.8) is 0 Å². The first kappa shape index (κ1) is 17.9. The summed E-state index contributed by atoms with van der Waals surface area (Å²) < 4.78 is 1.27. The largest absolute Gasteiger partial charge is 0.352 e. The van der Waals surface area contributed by atoms with E-state index < -0.39 is 0 Å². The van der Waals surface area contributed by atoms with Crippen LogP contribution < -0.4 is 16.2 Å². The molecule has 0 radical (unpaired) electrons. The molecule has 1 aliphatic rings. The third-order valence-electron chi connectivity index (χ3n) is 4.57. The number of nitrogens with one attached hydrogen (secondary N) is 2. The minimum atomic E-state index is -0.307. The molecule has 1 aromatic heterocycles. The third kappa shape index (κ3) is 4.81. The Balaban J connectivity index is 1.61. The first-order chi connectivity index (χ1) is 12.5. The number of benzene rings is 1. The molecule has 0 saturated heterocycles. The molecule has 2 amide bonds. The van der Waals surface area contributed by atoms with E-state index in [0.717, 1.165) is 18.4 Å². The van der Waals surface area contributed by atoms with Gasteiger partial charge in [0.05, 0.1) is 5.56 Å². The zero-order valence-corrected chi connectivity index (χ0v) is 14.8. The van der Waals surface area contributed by atoms with Crippen LogP contribution in [0.5, 0.6) is 0 Å². The molecule has 1 saturated carbocycles. The SMILES string of the molecule is C[C@H](NC(=O)Cn1cc(C(=O)NCc2ccccc2)ccc1=O)C1CC1. The summed E-state index contributed by atoms with van der Waals surface area (Å²) in [6.45, 7) is 2.29. The van der Waals surface area contributed by atoms with Gasteiger partial charge in [0.1, 0.15) is 6.54 Å². The summed E-state index contributed by atoms with van der Waals surface area (Å²) in [7, 11) is 0. The van der Waals surface area contributed by atoms with Crippen LogP contribution in [0.4, 0.5) is 0 Å². The van der Waals surface area contributed by atoms with Crippen LogP contribution in [0.1, 0.15) is 35.7 Å². The number of aromatic nitrogens is 1. The molecule has 1 heterocycles. The first-order valence-corrected chi connectivity index (χ1v) is 8.85. The van der Waals surface area contributed by atoms with Gasteiger partial charge in [-0.15, -0.1) is 0 Å². The smallest absolute Gasteiger partial charge is 0.253 e. The number of amides is 2. The van der Waals surface area contributed by atoms with E-state index in [-0.39, 0.29) is 30.0 Å². The summed E-state index contributed by atoms with van der Waals surface area (Å²) >= 11 is 0. The van der Waals surface area contributed by atoms with E-state index in [0.29, 0.717) is 18.0 Å². The van der Waals surface area contributed by atoms with Gasteiger partial charge in [0.25, 0.3) is 11.5 Å². The Bertz CT molecular complexity index is 841. The van der Waals surface area contributed by atoms with E-state index in [1.165, 1.54) is 22.9 Å². The maximum absolute atomic E-state index is 12.3. The highest BCUT2D eigenvalue weighted by Gasteiger charge is 2.28. The molecule has 26 heavy (non-hydrogen) atoms. The Morgan fingerprint density at radius 1 is 1.15 bits per heavy atom. The van der Waals surface area contributed by atoms with Gasteiger partial charge in [-0.2, -0.15) is 0 Å². The normalized spacial score (nSPS) is 14.5. The quantitative estimate of drug-likeness (QED) is 0.795. The summed E-state index contributed by atoms with van der Waals surface area (Å²) in [5, 5.41) is 5.73. The molecule has 0 aliphatic heterocycles. The van der Waals surface area contributed by atoms with Crippen molar-refractivity contribution in [2.45, 2.75) is 38.9 Å². The maximum atomic E-state index is 12.3. The van der Waals surface area contributed by atoms with Gasteiger partial charge in [0.2, 0.25) is 5.91 Å². The molecule has 6 nitrogen and oxygen atoms in total. The van der Waals surface area contributed by atoms with Crippen molar-refractivity contribution in [1.29, 1.82) is 0 Å². The van der Waals surface area contributed by atoms with Crippen LogP contribution in [0.15, 0.2) is 53.5 Å². The van der Waals surface area contributed by atoms with Gasteiger partial charge >= 0.3 is 0 Å². The van der Waals surface area contributed by atoms with Gasteiger partial charge in [0.15, 0.2) is 0 Å². The Morgan fingerprint density at radius 2 is 1.88 bits per heavy atom. The Morgan fingerprint density at radius 3 is 2.58 bits per heavy atom. The molecule has 136 valence electrons. The molecular formula is C20H23N3O3. The number of rotatable bonds is 7. The number of carbonyl (C=O) groups is 2. The van der Waals surface area contributed by atoms with Crippen LogP contribution in [-0.4, -0.2) is 22.4 Å². The van der Waals surface area contributed by atoms with Gasteiger partial charge < -0.3 is 15.2 Å². The fraction of sp³-hybridized carbons (Fsp3) is 0.350. The molecular weight excluding hydrogens is 330 g/mol. The highest BCUT2D eigenvalue weighted by Crippen LogP contribution is 2.32. The Hall–Kier alpha value is -2.89. The summed E-state index contributed by atoms with van der Waals surface area (Å²) in [6, 6.07) is 12.5. The molecule has 0 spiro atoms. The first-order valence-electron chi connectivity index (χ1n) is 8.85. The second-order valence-corrected chi connectivity index (χ2v) is 6.75. The molecule has 6 heteroatoms. The van der Waals surface area contributed by atoms with Crippen LogP contribution in [0.25, 0.3) is 0 Å². The van der Waals surface area contributed by atoms with Gasteiger partial charge in [-0.3, -0.25) is 14.4 Å². The molecule has 0 bridgehead atoms.